The average Bonchev–Trinajstić information content (AvgIpc) is 2.93. The lowest BCUT2D eigenvalue weighted by Gasteiger charge is -2.15. The van der Waals surface area contributed by atoms with Gasteiger partial charge in [0.15, 0.2) is 5.96 Å². The van der Waals surface area contributed by atoms with Gasteiger partial charge < -0.3 is 25.0 Å². The molecular weight excluding hydrogens is 296 g/mol. The van der Waals surface area contributed by atoms with E-state index in [1.54, 1.807) is 4.90 Å². The summed E-state index contributed by atoms with van der Waals surface area (Å²) in [7, 11) is 0. The minimum absolute atomic E-state index is 0.201. The van der Waals surface area contributed by atoms with Crippen LogP contribution in [0.15, 0.2) is 4.99 Å². The molecular formula is C16H32N4O3. The van der Waals surface area contributed by atoms with Crippen molar-refractivity contribution < 1.29 is 14.3 Å². The maximum atomic E-state index is 11.3. The molecule has 0 saturated carbocycles. The molecule has 1 heterocycles. The Bertz CT molecular complexity index is 361. The summed E-state index contributed by atoms with van der Waals surface area (Å²) in [6.45, 7) is 12.1. The van der Waals surface area contributed by atoms with Crippen LogP contribution in [0.4, 0.5) is 4.79 Å². The van der Waals surface area contributed by atoms with E-state index < -0.39 is 0 Å². The van der Waals surface area contributed by atoms with Crippen molar-refractivity contribution in [2.75, 3.05) is 52.5 Å². The minimum atomic E-state index is -0.201. The number of nitrogens with zero attached hydrogens (tertiary/aromatic N) is 2. The standard InChI is InChI=1S/C16H32N4O3/c1-4-22-11-6-8-18-15(19-13-14(2)3)17-7-5-9-20-10-12-23-16(20)21/h14H,4-13H2,1-3H3,(H2,17,18,19). The lowest BCUT2D eigenvalue weighted by Crippen LogP contribution is -2.40. The van der Waals surface area contributed by atoms with Gasteiger partial charge in [0.05, 0.1) is 6.54 Å². The average molecular weight is 328 g/mol. The number of amides is 1. The van der Waals surface area contributed by atoms with Crippen molar-refractivity contribution in [1.82, 2.24) is 15.5 Å². The summed E-state index contributed by atoms with van der Waals surface area (Å²) in [5.41, 5.74) is 0. The zero-order valence-electron chi connectivity index (χ0n) is 14.8. The van der Waals surface area contributed by atoms with E-state index in [4.69, 9.17) is 9.47 Å². The van der Waals surface area contributed by atoms with E-state index in [-0.39, 0.29) is 6.09 Å². The Balaban J connectivity index is 2.22. The van der Waals surface area contributed by atoms with Gasteiger partial charge in [-0.2, -0.15) is 0 Å². The monoisotopic (exact) mass is 328 g/mol. The van der Waals surface area contributed by atoms with Gasteiger partial charge >= 0.3 is 6.09 Å². The number of rotatable bonds is 11. The highest BCUT2D eigenvalue weighted by atomic mass is 16.6. The predicted octanol–water partition coefficient (Wildman–Crippen LogP) is 1.45. The number of guanidine groups is 1. The third kappa shape index (κ3) is 9.28. The Labute approximate surface area is 139 Å². The van der Waals surface area contributed by atoms with Gasteiger partial charge in [-0.25, -0.2) is 4.79 Å². The number of carbonyl (C=O) groups excluding carboxylic acids is 1. The van der Waals surface area contributed by atoms with Crippen molar-refractivity contribution >= 4 is 12.1 Å². The molecule has 0 aliphatic carbocycles. The van der Waals surface area contributed by atoms with E-state index in [0.717, 1.165) is 51.6 Å². The van der Waals surface area contributed by atoms with Gasteiger partial charge in [0.25, 0.3) is 0 Å². The molecule has 1 aliphatic heterocycles. The molecule has 1 rings (SSSR count). The molecule has 7 heteroatoms. The molecule has 0 unspecified atom stereocenters. The maximum absolute atomic E-state index is 11.3. The second-order valence-corrected chi connectivity index (χ2v) is 5.94. The molecule has 1 aliphatic rings. The first kappa shape index (κ1) is 19.5. The van der Waals surface area contributed by atoms with Crippen LogP contribution in [0.1, 0.15) is 33.6 Å². The van der Waals surface area contributed by atoms with Crippen LogP contribution in [0.3, 0.4) is 0 Å². The van der Waals surface area contributed by atoms with E-state index in [2.05, 4.69) is 29.5 Å². The van der Waals surface area contributed by atoms with Crippen LogP contribution in [0.2, 0.25) is 0 Å². The molecule has 1 amide bonds. The molecule has 23 heavy (non-hydrogen) atoms. The van der Waals surface area contributed by atoms with Gasteiger partial charge in [-0.1, -0.05) is 13.8 Å². The molecule has 0 aromatic heterocycles. The Kier molecular flexibility index (Phi) is 10.2. The van der Waals surface area contributed by atoms with Gasteiger partial charge in [-0.15, -0.1) is 0 Å². The fourth-order valence-electron chi connectivity index (χ4n) is 2.08. The molecule has 0 spiro atoms. The number of hydrogen-bond donors (Lipinski definition) is 2. The fourth-order valence-corrected chi connectivity index (χ4v) is 2.08. The summed E-state index contributed by atoms with van der Waals surface area (Å²) in [5.74, 6) is 1.36. The molecule has 134 valence electrons. The number of ether oxygens (including phenoxy) is 2. The molecule has 2 N–H and O–H groups in total. The first-order valence-electron chi connectivity index (χ1n) is 8.65. The van der Waals surface area contributed by atoms with Crippen LogP contribution in [-0.2, 0) is 9.47 Å². The third-order valence-electron chi connectivity index (χ3n) is 3.32. The quantitative estimate of drug-likeness (QED) is 0.341. The molecule has 0 bridgehead atoms. The van der Waals surface area contributed by atoms with E-state index in [9.17, 15) is 4.79 Å². The van der Waals surface area contributed by atoms with Crippen LogP contribution in [0, 0.1) is 5.92 Å². The SMILES string of the molecule is CCOCCCNC(=NCC(C)C)NCCCN1CCOC1=O. The molecule has 1 fully saturated rings. The van der Waals surface area contributed by atoms with Gasteiger partial charge in [0, 0.05) is 39.4 Å². The van der Waals surface area contributed by atoms with E-state index in [0.29, 0.717) is 25.6 Å². The number of aliphatic imine (C=N–C) groups is 1. The van der Waals surface area contributed by atoms with Gasteiger partial charge in [0.2, 0.25) is 0 Å². The zero-order valence-corrected chi connectivity index (χ0v) is 14.8. The van der Waals surface area contributed by atoms with Crippen LogP contribution in [0.25, 0.3) is 0 Å². The highest BCUT2D eigenvalue weighted by Crippen LogP contribution is 2.03. The summed E-state index contributed by atoms with van der Waals surface area (Å²) in [6, 6.07) is 0. The van der Waals surface area contributed by atoms with Gasteiger partial charge in [-0.05, 0) is 25.7 Å². The predicted molar refractivity (Wildman–Crippen MR) is 91.8 cm³/mol. The van der Waals surface area contributed by atoms with Crippen LogP contribution < -0.4 is 10.6 Å². The van der Waals surface area contributed by atoms with Crippen LogP contribution in [-0.4, -0.2) is 69.5 Å². The summed E-state index contributed by atoms with van der Waals surface area (Å²) < 4.78 is 10.2. The summed E-state index contributed by atoms with van der Waals surface area (Å²) in [5, 5.41) is 6.65. The lowest BCUT2D eigenvalue weighted by molar-refractivity contribution is 0.145. The fraction of sp³-hybridized carbons (Fsp3) is 0.875. The number of cyclic esters (lactones) is 1. The molecule has 0 radical (unpaired) electrons. The Morgan fingerprint density at radius 2 is 2.09 bits per heavy atom. The van der Waals surface area contributed by atoms with Crippen molar-refractivity contribution in [3.05, 3.63) is 0 Å². The Hall–Kier alpha value is -1.50. The molecule has 0 aromatic carbocycles. The number of nitrogens with one attached hydrogen (secondary N) is 2. The molecule has 1 saturated heterocycles. The maximum Gasteiger partial charge on any atom is 0.409 e. The van der Waals surface area contributed by atoms with Crippen molar-refractivity contribution in [1.29, 1.82) is 0 Å². The molecule has 0 aromatic rings. The molecule has 7 nitrogen and oxygen atoms in total. The van der Waals surface area contributed by atoms with Crippen molar-refractivity contribution in [3.8, 4) is 0 Å². The van der Waals surface area contributed by atoms with Gasteiger partial charge in [0.1, 0.15) is 6.61 Å². The smallest absolute Gasteiger partial charge is 0.409 e. The van der Waals surface area contributed by atoms with E-state index in [1.807, 2.05) is 6.92 Å². The van der Waals surface area contributed by atoms with Crippen molar-refractivity contribution in [2.45, 2.75) is 33.6 Å². The Morgan fingerprint density at radius 1 is 1.35 bits per heavy atom. The zero-order chi connectivity index (χ0) is 16.9. The first-order valence-corrected chi connectivity index (χ1v) is 8.65. The molecule has 0 atom stereocenters. The largest absolute Gasteiger partial charge is 0.448 e. The van der Waals surface area contributed by atoms with Gasteiger partial charge in [-0.3, -0.25) is 4.99 Å². The van der Waals surface area contributed by atoms with E-state index >= 15 is 0 Å². The second kappa shape index (κ2) is 12.0. The highest BCUT2D eigenvalue weighted by molar-refractivity contribution is 5.79. The number of carbonyl (C=O) groups is 1. The minimum Gasteiger partial charge on any atom is -0.448 e. The van der Waals surface area contributed by atoms with Crippen LogP contribution >= 0.6 is 0 Å². The second-order valence-electron chi connectivity index (χ2n) is 5.94. The van der Waals surface area contributed by atoms with E-state index in [1.165, 1.54) is 0 Å². The van der Waals surface area contributed by atoms with Crippen LogP contribution in [0.5, 0.6) is 0 Å². The number of hydrogen-bond acceptors (Lipinski definition) is 4. The summed E-state index contributed by atoms with van der Waals surface area (Å²) in [4.78, 5) is 17.7. The van der Waals surface area contributed by atoms with Crippen molar-refractivity contribution in [2.24, 2.45) is 10.9 Å². The lowest BCUT2D eigenvalue weighted by atomic mass is 10.2. The Morgan fingerprint density at radius 3 is 2.70 bits per heavy atom. The third-order valence-corrected chi connectivity index (χ3v) is 3.32. The van der Waals surface area contributed by atoms with Crippen molar-refractivity contribution in [3.63, 3.8) is 0 Å². The topological polar surface area (TPSA) is 75.2 Å². The highest BCUT2D eigenvalue weighted by Gasteiger charge is 2.20. The normalized spacial score (nSPS) is 15.2. The first-order chi connectivity index (χ1) is 11.1. The summed E-state index contributed by atoms with van der Waals surface area (Å²) in [6.07, 6.45) is 1.62. The summed E-state index contributed by atoms with van der Waals surface area (Å²) >= 11 is 0.